The molecule has 0 unspecified atom stereocenters. The fourth-order valence-corrected chi connectivity index (χ4v) is 3.16. The van der Waals surface area contributed by atoms with Crippen molar-refractivity contribution >= 4 is 17.7 Å². The summed E-state index contributed by atoms with van der Waals surface area (Å²) in [5.74, 6) is 0.652. The molecule has 6 nitrogen and oxygen atoms in total. The molecule has 3 rings (SSSR count). The highest BCUT2D eigenvalue weighted by atomic mass is 32.2. The van der Waals surface area contributed by atoms with E-state index in [9.17, 15) is 4.79 Å². The van der Waals surface area contributed by atoms with Crippen molar-refractivity contribution < 1.29 is 4.79 Å². The van der Waals surface area contributed by atoms with E-state index in [0.717, 1.165) is 16.4 Å². The minimum atomic E-state index is -0.250. The number of carbonyl (C=O) groups excluding carboxylic acids is 1. The second kappa shape index (κ2) is 7.70. The van der Waals surface area contributed by atoms with E-state index in [0.29, 0.717) is 11.3 Å². The van der Waals surface area contributed by atoms with E-state index in [2.05, 4.69) is 20.8 Å². The number of hydrogen-bond acceptors (Lipinski definition) is 5. The summed E-state index contributed by atoms with van der Waals surface area (Å²) in [4.78, 5) is 12.2. The van der Waals surface area contributed by atoms with Gasteiger partial charge in [0.2, 0.25) is 5.16 Å². The molecule has 0 saturated heterocycles. The third-order valence-electron chi connectivity index (χ3n) is 3.51. The van der Waals surface area contributed by atoms with Gasteiger partial charge in [0.25, 0.3) is 5.91 Å². The van der Waals surface area contributed by atoms with E-state index in [-0.39, 0.29) is 11.4 Å². The molecule has 3 aromatic rings. The SMILES string of the molecule is CC(C)(C)NC(=O)c1ccc(CSc2nnnn2-c2ccccc2)cc1. The van der Waals surface area contributed by atoms with Gasteiger partial charge in [-0.1, -0.05) is 42.1 Å². The molecular formula is C19H21N5OS. The van der Waals surface area contributed by atoms with Gasteiger partial charge >= 0.3 is 0 Å². The Morgan fingerprint density at radius 2 is 1.77 bits per heavy atom. The fraction of sp³-hybridized carbons (Fsp3) is 0.263. The largest absolute Gasteiger partial charge is 0.347 e. The van der Waals surface area contributed by atoms with Crippen molar-refractivity contribution in [3.05, 3.63) is 65.7 Å². The Labute approximate surface area is 157 Å². The molecule has 0 aliphatic carbocycles. The first-order valence-corrected chi connectivity index (χ1v) is 9.29. The Kier molecular flexibility index (Phi) is 5.37. The molecule has 0 fully saturated rings. The Morgan fingerprint density at radius 3 is 2.42 bits per heavy atom. The van der Waals surface area contributed by atoms with Crippen molar-refractivity contribution in [3.8, 4) is 5.69 Å². The highest BCUT2D eigenvalue weighted by Crippen LogP contribution is 2.22. The number of amides is 1. The molecule has 26 heavy (non-hydrogen) atoms. The number of carbonyl (C=O) groups is 1. The van der Waals surface area contributed by atoms with Gasteiger partial charge in [0.15, 0.2) is 0 Å². The lowest BCUT2D eigenvalue weighted by Crippen LogP contribution is -2.40. The number of nitrogens with one attached hydrogen (secondary N) is 1. The monoisotopic (exact) mass is 367 g/mol. The van der Waals surface area contributed by atoms with Crippen LogP contribution in [0.2, 0.25) is 0 Å². The zero-order valence-electron chi connectivity index (χ0n) is 15.0. The number of para-hydroxylation sites is 1. The summed E-state index contributed by atoms with van der Waals surface area (Å²) in [6.07, 6.45) is 0. The second-order valence-corrected chi connectivity index (χ2v) is 7.84. The molecule has 1 aromatic heterocycles. The van der Waals surface area contributed by atoms with Crippen molar-refractivity contribution in [2.75, 3.05) is 0 Å². The lowest BCUT2D eigenvalue weighted by molar-refractivity contribution is 0.0919. The third-order valence-corrected chi connectivity index (χ3v) is 4.50. The summed E-state index contributed by atoms with van der Waals surface area (Å²) >= 11 is 1.55. The van der Waals surface area contributed by atoms with Gasteiger partial charge < -0.3 is 5.32 Å². The number of thioether (sulfide) groups is 1. The van der Waals surface area contributed by atoms with E-state index < -0.39 is 0 Å². The topological polar surface area (TPSA) is 72.7 Å². The third kappa shape index (κ3) is 4.70. The first-order valence-electron chi connectivity index (χ1n) is 8.30. The van der Waals surface area contributed by atoms with Crippen molar-refractivity contribution in [2.45, 2.75) is 37.2 Å². The van der Waals surface area contributed by atoms with E-state index in [4.69, 9.17) is 0 Å². The average Bonchev–Trinajstić information content (AvgIpc) is 3.08. The summed E-state index contributed by atoms with van der Waals surface area (Å²) in [6, 6.07) is 17.4. The smallest absolute Gasteiger partial charge is 0.251 e. The van der Waals surface area contributed by atoms with Crippen molar-refractivity contribution in [1.82, 2.24) is 25.5 Å². The predicted molar refractivity (Wildman–Crippen MR) is 102 cm³/mol. The number of rotatable bonds is 5. The van der Waals surface area contributed by atoms with Gasteiger partial charge in [0.1, 0.15) is 0 Å². The van der Waals surface area contributed by atoms with Crippen LogP contribution in [0.15, 0.2) is 59.8 Å². The summed E-state index contributed by atoms with van der Waals surface area (Å²) in [5, 5.41) is 15.6. The minimum Gasteiger partial charge on any atom is -0.347 e. The molecule has 1 heterocycles. The number of tetrazole rings is 1. The van der Waals surface area contributed by atoms with Crippen LogP contribution in [-0.2, 0) is 5.75 Å². The highest BCUT2D eigenvalue weighted by molar-refractivity contribution is 7.98. The number of aromatic nitrogens is 4. The Hall–Kier alpha value is -2.67. The van der Waals surface area contributed by atoms with Gasteiger partial charge in [-0.25, -0.2) is 0 Å². The number of nitrogens with zero attached hydrogens (tertiary/aromatic N) is 4. The number of hydrogen-bond donors (Lipinski definition) is 1. The van der Waals surface area contributed by atoms with Crippen LogP contribution in [0, 0.1) is 0 Å². The maximum Gasteiger partial charge on any atom is 0.251 e. The van der Waals surface area contributed by atoms with E-state index >= 15 is 0 Å². The van der Waals surface area contributed by atoms with Crippen LogP contribution in [0.3, 0.4) is 0 Å². The number of benzene rings is 2. The van der Waals surface area contributed by atoms with Crippen LogP contribution in [0.25, 0.3) is 5.69 Å². The summed E-state index contributed by atoms with van der Waals surface area (Å²) in [7, 11) is 0. The van der Waals surface area contributed by atoms with Crippen molar-refractivity contribution in [1.29, 1.82) is 0 Å². The van der Waals surface area contributed by atoms with Gasteiger partial charge in [0.05, 0.1) is 5.69 Å². The van der Waals surface area contributed by atoms with Gasteiger partial charge in [-0.3, -0.25) is 4.79 Å². The van der Waals surface area contributed by atoms with Gasteiger partial charge in [-0.15, -0.1) is 5.10 Å². The summed E-state index contributed by atoms with van der Waals surface area (Å²) in [6.45, 7) is 5.90. The Balaban J connectivity index is 1.65. The van der Waals surface area contributed by atoms with Gasteiger partial charge in [0, 0.05) is 16.9 Å². The minimum absolute atomic E-state index is 0.0651. The molecule has 7 heteroatoms. The normalized spacial score (nSPS) is 11.3. The van der Waals surface area contributed by atoms with Gasteiger partial charge in [-0.2, -0.15) is 4.68 Å². The Morgan fingerprint density at radius 1 is 1.08 bits per heavy atom. The van der Waals surface area contributed by atoms with Crippen LogP contribution >= 0.6 is 11.8 Å². The fourth-order valence-electron chi connectivity index (χ4n) is 2.31. The van der Waals surface area contributed by atoms with E-state index in [1.165, 1.54) is 0 Å². The molecule has 1 amide bonds. The van der Waals surface area contributed by atoms with Crippen molar-refractivity contribution in [3.63, 3.8) is 0 Å². The summed E-state index contributed by atoms with van der Waals surface area (Å²) in [5.41, 5.74) is 2.43. The lowest BCUT2D eigenvalue weighted by Gasteiger charge is -2.20. The zero-order chi connectivity index (χ0) is 18.6. The standard InChI is InChI=1S/C19H21N5OS/c1-19(2,3)20-17(25)15-11-9-14(10-12-15)13-26-18-21-22-23-24(18)16-7-5-4-6-8-16/h4-12H,13H2,1-3H3,(H,20,25). The van der Waals surface area contributed by atoms with Crippen LogP contribution < -0.4 is 5.32 Å². The highest BCUT2D eigenvalue weighted by Gasteiger charge is 2.15. The summed E-state index contributed by atoms with van der Waals surface area (Å²) < 4.78 is 1.72. The van der Waals surface area contributed by atoms with E-state index in [1.54, 1.807) is 16.4 Å². The molecule has 0 radical (unpaired) electrons. The first kappa shape index (κ1) is 18.1. The molecular weight excluding hydrogens is 346 g/mol. The molecule has 0 bridgehead atoms. The maximum absolute atomic E-state index is 12.2. The van der Waals surface area contributed by atoms with Crippen LogP contribution in [0.5, 0.6) is 0 Å². The first-order chi connectivity index (χ1) is 12.4. The van der Waals surface area contributed by atoms with Crippen LogP contribution in [0.4, 0.5) is 0 Å². The molecule has 0 aliphatic heterocycles. The second-order valence-electron chi connectivity index (χ2n) is 6.90. The van der Waals surface area contributed by atoms with Crippen LogP contribution in [0.1, 0.15) is 36.7 Å². The Bertz CT molecular complexity index is 869. The predicted octanol–water partition coefficient (Wildman–Crippen LogP) is 3.48. The van der Waals surface area contributed by atoms with E-state index in [1.807, 2.05) is 75.4 Å². The molecule has 0 aliphatic rings. The molecule has 1 N–H and O–H groups in total. The van der Waals surface area contributed by atoms with Crippen molar-refractivity contribution in [2.24, 2.45) is 0 Å². The average molecular weight is 367 g/mol. The molecule has 2 aromatic carbocycles. The molecule has 134 valence electrons. The molecule has 0 spiro atoms. The lowest BCUT2D eigenvalue weighted by atomic mass is 10.1. The molecule has 0 atom stereocenters. The molecule has 0 saturated carbocycles. The van der Waals surface area contributed by atoms with Gasteiger partial charge in [-0.05, 0) is 61.0 Å². The zero-order valence-corrected chi connectivity index (χ0v) is 15.8. The maximum atomic E-state index is 12.2. The van der Waals surface area contributed by atoms with Crippen LogP contribution in [-0.4, -0.2) is 31.7 Å². The quantitative estimate of drug-likeness (QED) is 0.699.